The molecule has 0 N–H and O–H groups in total. The summed E-state index contributed by atoms with van der Waals surface area (Å²) in [4.78, 5) is 0. The summed E-state index contributed by atoms with van der Waals surface area (Å²) >= 11 is 0. The van der Waals surface area contributed by atoms with E-state index < -0.39 is 0 Å². The highest BCUT2D eigenvalue weighted by Crippen LogP contribution is 2.22. The molecule has 0 saturated carbocycles. The van der Waals surface area contributed by atoms with Crippen molar-refractivity contribution in [3.63, 3.8) is 0 Å². The predicted molar refractivity (Wildman–Crippen MR) is 307 cm³/mol. The van der Waals surface area contributed by atoms with E-state index in [-0.39, 0.29) is 0 Å². The Morgan fingerprint density at radius 1 is 0.212 bits per heavy atom. The van der Waals surface area contributed by atoms with Crippen LogP contribution in [0.15, 0.2) is 37.0 Å². The van der Waals surface area contributed by atoms with Gasteiger partial charge in [0.15, 0.2) is 0 Å². The molecular weight excluding hydrogens is 793 g/mol. The zero-order chi connectivity index (χ0) is 47.4. The van der Waals surface area contributed by atoms with E-state index in [0.29, 0.717) is 0 Å². The van der Waals surface area contributed by atoms with Gasteiger partial charge in [0.25, 0.3) is 0 Å². The fourth-order valence-corrected chi connectivity index (χ4v) is 10.6. The van der Waals surface area contributed by atoms with Crippen LogP contribution >= 0.6 is 0 Å². The minimum absolute atomic E-state index is 1.21. The zero-order valence-corrected chi connectivity index (χ0v) is 46.4. The molecule has 0 heterocycles. The molecule has 0 aliphatic carbocycles. The van der Waals surface area contributed by atoms with Crippen molar-refractivity contribution in [3.05, 3.63) is 37.0 Å². The van der Waals surface area contributed by atoms with Crippen molar-refractivity contribution in [2.24, 2.45) is 0 Å². The van der Waals surface area contributed by atoms with Crippen LogP contribution < -0.4 is 0 Å². The molecular formula is C66H128. The molecule has 0 bridgehead atoms. The molecule has 0 nitrogen and oxygen atoms in total. The molecule has 0 saturated heterocycles. The van der Waals surface area contributed by atoms with Crippen LogP contribution in [0.3, 0.4) is 0 Å². The number of hydrogen-bond acceptors (Lipinski definition) is 0. The molecule has 0 unspecified atom stereocenters. The topological polar surface area (TPSA) is 0 Å². The molecule has 0 aliphatic rings. The molecule has 0 atom stereocenters. The Morgan fingerprint density at radius 3 is 0.576 bits per heavy atom. The van der Waals surface area contributed by atoms with E-state index in [0.717, 1.165) is 0 Å². The van der Waals surface area contributed by atoms with E-state index in [1.165, 1.54) is 379 Å². The minimum Gasteiger partial charge on any atom is -0.103 e. The summed E-state index contributed by atoms with van der Waals surface area (Å²) < 4.78 is 0. The average Bonchev–Trinajstić information content (AvgIpc) is 3.33. The van der Waals surface area contributed by atoms with Gasteiger partial charge in [-0.3, -0.25) is 0 Å². The van der Waals surface area contributed by atoms with Gasteiger partial charge in [0.1, 0.15) is 0 Å². The maximum absolute atomic E-state index is 3.84. The van der Waals surface area contributed by atoms with Crippen LogP contribution in [-0.4, -0.2) is 0 Å². The normalized spacial score (nSPS) is 11.9. The van der Waals surface area contributed by atoms with E-state index in [1.807, 2.05) is 5.57 Å². The van der Waals surface area contributed by atoms with Crippen LogP contribution in [0, 0.1) is 0 Å². The second-order valence-electron chi connectivity index (χ2n) is 22.0. The maximum Gasteiger partial charge on any atom is -0.0320 e. The fourth-order valence-electron chi connectivity index (χ4n) is 10.6. The highest BCUT2D eigenvalue weighted by molar-refractivity contribution is 5.02. The lowest BCUT2D eigenvalue weighted by molar-refractivity contribution is 0.519. The summed E-state index contributed by atoms with van der Waals surface area (Å²) in [5.41, 5.74) is 1.83. The Morgan fingerprint density at radius 2 is 0.379 bits per heavy atom. The minimum atomic E-state index is 1.21. The molecule has 0 aromatic rings. The second kappa shape index (κ2) is 62.2. The number of rotatable bonds is 61. The monoisotopic (exact) mass is 921 g/mol. The van der Waals surface area contributed by atoms with Gasteiger partial charge in [0.2, 0.25) is 0 Å². The quantitative estimate of drug-likeness (QED) is 0.0421. The fraction of sp³-hybridized carbons (Fsp3) is 0.909. The van der Waals surface area contributed by atoms with Gasteiger partial charge >= 0.3 is 0 Å². The third-order valence-electron chi connectivity index (χ3n) is 15.3. The first kappa shape index (κ1) is 65.2. The van der Waals surface area contributed by atoms with Crippen LogP contribution in [-0.2, 0) is 0 Å². The summed E-state index contributed by atoms with van der Waals surface area (Å²) in [6.45, 7) is 9.99. The molecule has 0 spiro atoms. The van der Waals surface area contributed by atoms with Gasteiger partial charge < -0.3 is 0 Å². The van der Waals surface area contributed by atoms with E-state index in [1.54, 1.807) is 0 Å². The average molecular weight is 922 g/mol. The van der Waals surface area contributed by atoms with Crippen LogP contribution in [0.5, 0.6) is 0 Å². The maximum atomic E-state index is 3.84. The Labute approximate surface area is 420 Å². The lowest BCUT2D eigenvalue weighted by atomic mass is 9.97. The van der Waals surface area contributed by atoms with Crippen molar-refractivity contribution in [1.29, 1.82) is 0 Å². The predicted octanol–water partition coefficient (Wildman–Crippen LogP) is 25.3. The van der Waals surface area contributed by atoms with Crippen molar-refractivity contribution in [3.8, 4) is 0 Å². The van der Waals surface area contributed by atoms with Crippen molar-refractivity contribution in [1.82, 2.24) is 0 Å². The van der Waals surface area contributed by atoms with Crippen LogP contribution in [0.2, 0.25) is 0 Å². The Kier molecular flexibility index (Phi) is 61.5. The van der Waals surface area contributed by atoms with Gasteiger partial charge in [-0.05, 0) is 64.2 Å². The third kappa shape index (κ3) is 59.3. The van der Waals surface area contributed by atoms with Gasteiger partial charge in [-0.15, -0.1) is 13.2 Å². The molecule has 0 fully saturated rings. The number of allylic oxidation sites excluding steroid dienone is 4. The highest BCUT2D eigenvalue weighted by Gasteiger charge is 2.02. The van der Waals surface area contributed by atoms with Crippen molar-refractivity contribution < 1.29 is 0 Å². The molecule has 0 aliphatic heterocycles. The summed E-state index contributed by atoms with van der Waals surface area (Å²) in [5, 5.41) is 0. The summed E-state index contributed by atoms with van der Waals surface area (Å²) in [6.07, 6.45) is 92.3. The summed E-state index contributed by atoms with van der Waals surface area (Å²) in [6, 6.07) is 0. The van der Waals surface area contributed by atoms with E-state index >= 15 is 0 Å². The zero-order valence-electron chi connectivity index (χ0n) is 46.4. The Hall–Kier alpha value is -0.780. The van der Waals surface area contributed by atoms with Crippen molar-refractivity contribution in [2.45, 2.75) is 386 Å². The Balaban J connectivity index is 4.01. The number of hydrogen-bond donors (Lipinski definition) is 0. The van der Waals surface area contributed by atoms with Crippen LogP contribution in [0.4, 0.5) is 0 Å². The molecule has 0 aromatic heterocycles. The van der Waals surface area contributed by atoms with Crippen molar-refractivity contribution >= 4 is 0 Å². The largest absolute Gasteiger partial charge is 0.103 e. The first-order chi connectivity index (χ1) is 32.8. The van der Waals surface area contributed by atoms with Gasteiger partial charge in [-0.2, -0.15) is 0 Å². The smallest absolute Gasteiger partial charge is 0.0320 e. The van der Waals surface area contributed by atoms with Crippen molar-refractivity contribution in [2.75, 3.05) is 0 Å². The molecule has 392 valence electrons. The van der Waals surface area contributed by atoms with Crippen LogP contribution in [0.25, 0.3) is 0 Å². The van der Waals surface area contributed by atoms with Gasteiger partial charge in [0.05, 0.1) is 0 Å². The number of unbranched alkanes of at least 4 members (excludes halogenated alkanes) is 54. The molecule has 0 heteroatoms. The van der Waals surface area contributed by atoms with E-state index in [4.69, 9.17) is 0 Å². The van der Waals surface area contributed by atoms with Gasteiger partial charge in [-0.1, -0.05) is 345 Å². The van der Waals surface area contributed by atoms with Gasteiger partial charge in [-0.25, -0.2) is 0 Å². The lowest BCUT2D eigenvalue weighted by Crippen LogP contribution is -1.89. The summed E-state index contributed by atoms with van der Waals surface area (Å²) in [7, 11) is 0. The standard InChI is InChI=1S/C66H128/c1-4-7-10-13-16-19-22-25-28-31-33-35-36-38-41-44-47-50-53-56-59-62-65-66(63-60-57-54-51-48-45-42-39-30-27-24-21-18-15-12-9-6-3)64-61-58-55-52-49-46-43-40-37-34-32-29-26-23-20-17-14-11-8-5-2/h4-5,63H,1-2,6-62,64-65H2,3H3. The molecule has 0 aromatic carbocycles. The van der Waals surface area contributed by atoms with E-state index in [2.05, 4.69) is 38.3 Å². The Bertz CT molecular complexity index is 894. The second-order valence-corrected chi connectivity index (χ2v) is 22.0. The first-order valence-electron chi connectivity index (χ1n) is 31.7. The van der Waals surface area contributed by atoms with Crippen LogP contribution in [0.1, 0.15) is 386 Å². The molecule has 0 rings (SSSR count). The van der Waals surface area contributed by atoms with Gasteiger partial charge in [0, 0.05) is 0 Å². The molecule has 0 amide bonds. The van der Waals surface area contributed by atoms with E-state index in [9.17, 15) is 0 Å². The molecule has 66 heavy (non-hydrogen) atoms. The molecule has 0 radical (unpaired) electrons. The first-order valence-corrected chi connectivity index (χ1v) is 31.7. The highest BCUT2D eigenvalue weighted by atomic mass is 14.1. The lowest BCUT2D eigenvalue weighted by Gasteiger charge is -2.09. The third-order valence-corrected chi connectivity index (χ3v) is 15.3. The SMILES string of the molecule is C=CCCCCCCCCCCCCCCCCCCCCCCC(=CCCCCCCCCCCCCCCCCCC)CCCCCCCCCCCCCCCCCCCCC=C. The summed E-state index contributed by atoms with van der Waals surface area (Å²) in [5.74, 6) is 0.